The van der Waals surface area contributed by atoms with Crippen LogP contribution in [0.1, 0.15) is 27.2 Å². The molecule has 0 atom stereocenters. The van der Waals surface area contributed by atoms with Crippen molar-refractivity contribution in [2.45, 2.75) is 20.4 Å². The third kappa shape index (κ3) is 3.45. The van der Waals surface area contributed by atoms with Gasteiger partial charge in [-0.05, 0) is 42.7 Å². The second kappa shape index (κ2) is 6.44. The fraction of sp³-hybridized carbons (Fsp3) is 0.167. The van der Waals surface area contributed by atoms with E-state index in [4.69, 9.17) is 0 Å². The molecule has 5 nitrogen and oxygen atoms in total. The number of nitrogens with one attached hydrogen (secondary N) is 1. The number of rotatable bonds is 4. The standard InChI is InChI=1S/C18H18N4O/c1-13-9-14(2)17(20-10-13)18(23)21-11-15-3-5-16(6-4-15)22-8-7-19-12-22/h3-10,12H,11H2,1-2H3,(H,21,23). The number of benzene rings is 1. The summed E-state index contributed by atoms with van der Waals surface area (Å²) in [7, 11) is 0. The number of nitrogens with zero attached hydrogens (tertiary/aromatic N) is 3. The highest BCUT2D eigenvalue weighted by Crippen LogP contribution is 2.10. The summed E-state index contributed by atoms with van der Waals surface area (Å²) >= 11 is 0. The highest BCUT2D eigenvalue weighted by Gasteiger charge is 2.10. The average Bonchev–Trinajstić information content (AvgIpc) is 3.07. The number of imidazole rings is 1. The monoisotopic (exact) mass is 306 g/mol. The van der Waals surface area contributed by atoms with Crippen LogP contribution in [0.4, 0.5) is 0 Å². The Bertz CT molecular complexity index is 808. The number of carbonyl (C=O) groups is 1. The smallest absolute Gasteiger partial charge is 0.270 e. The zero-order chi connectivity index (χ0) is 16.2. The van der Waals surface area contributed by atoms with Crippen LogP contribution in [0, 0.1) is 13.8 Å². The Morgan fingerprint density at radius 2 is 2.00 bits per heavy atom. The molecule has 2 aromatic heterocycles. The van der Waals surface area contributed by atoms with E-state index < -0.39 is 0 Å². The normalized spacial score (nSPS) is 10.5. The minimum Gasteiger partial charge on any atom is -0.347 e. The molecule has 0 aliphatic heterocycles. The van der Waals surface area contributed by atoms with Crippen LogP contribution in [0.2, 0.25) is 0 Å². The number of hydrogen-bond donors (Lipinski definition) is 1. The van der Waals surface area contributed by atoms with Crippen molar-refractivity contribution < 1.29 is 4.79 Å². The van der Waals surface area contributed by atoms with Crippen molar-refractivity contribution in [1.82, 2.24) is 19.9 Å². The number of hydrogen-bond acceptors (Lipinski definition) is 3. The molecule has 5 heteroatoms. The van der Waals surface area contributed by atoms with Crippen molar-refractivity contribution >= 4 is 5.91 Å². The summed E-state index contributed by atoms with van der Waals surface area (Å²) in [6.45, 7) is 4.33. The molecule has 0 fully saturated rings. The van der Waals surface area contributed by atoms with Gasteiger partial charge in [0.05, 0.1) is 6.33 Å². The minimum absolute atomic E-state index is 0.152. The largest absolute Gasteiger partial charge is 0.347 e. The van der Waals surface area contributed by atoms with E-state index in [1.54, 1.807) is 18.7 Å². The fourth-order valence-electron chi connectivity index (χ4n) is 2.42. The first-order valence-electron chi connectivity index (χ1n) is 7.42. The van der Waals surface area contributed by atoms with E-state index in [0.717, 1.165) is 22.4 Å². The van der Waals surface area contributed by atoms with Gasteiger partial charge in [0.2, 0.25) is 0 Å². The Hall–Kier alpha value is -2.95. The van der Waals surface area contributed by atoms with E-state index in [-0.39, 0.29) is 5.91 Å². The van der Waals surface area contributed by atoms with Gasteiger partial charge in [0, 0.05) is 30.8 Å². The van der Waals surface area contributed by atoms with Crippen molar-refractivity contribution in [3.8, 4) is 5.69 Å². The molecule has 2 heterocycles. The molecule has 0 saturated carbocycles. The van der Waals surface area contributed by atoms with Crippen molar-refractivity contribution in [3.05, 3.63) is 77.6 Å². The maximum Gasteiger partial charge on any atom is 0.270 e. The number of aryl methyl sites for hydroxylation is 2. The third-order valence-corrected chi connectivity index (χ3v) is 3.62. The molecule has 0 aliphatic carbocycles. The van der Waals surface area contributed by atoms with Crippen molar-refractivity contribution in [2.75, 3.05) is 0 Å². The van der Waals surface area contributed by atoms with Crippen molar-refractivity contribution in [2.24, 2.45) is 0 Å². The first kappa shape index (κ1) is 15.0. The van der Waals surface area contributed by atoms with Crippen LogP contribution < -0.4 is 5.32 Å². The lowest BCUT2D eigenvalue weighted by Crippen LogP contribution is -2.24. The summed E-state index contributed by atoms with van der Waals surface area (Å²) in [6.07, 6.45) is 7.10. The van der Waals surface area contributed by atoms with E-state index >= 15 is 0 Å². The Morgan fingerprint density at radius 1 is 1.22 bits per heavy atom. The van der Waals surface area contributed by atoms with Crippen LogP contribution in [-0.2, 0) is 6.54 Å². The van der Waals surface area contributed by atoms with Gasteiger partial charge >= 0.3 is 0 Å². The van der Waals surface area contributed by atoms with Crippen LogP contribution in [0.25, 0.3) is 5.69 Å². The molecule has 1 aromatic carbocycles. The molecule has 3 rings (SSSR count). The Morgan fingerprint density at radius 3 is 2.65 bits per heavy atom. The van der Waals surface area contributed by atoms with Crippen molar-refractivity contribution in [3.63, 3.8) is 0 Å². The first-order valence-corrected chi connectivity index (χ1v) is 7.42. The number of pyridine rings is 1. The van der Waals surface area contributed by atoms with E-state index in [1.807, 2.05) is 54.9 Å². The van der Waals surface area contributed by atoms with Gasteiger partial charge in [-0.25, -0.2) is 4.98 Å². The Balaban J connectivity index is 1.65. The molecule has 1 N–H and O–H groups in total. The minimum atomic E-state index is -0.152. The molecule has 0 aliphatic rings. The molecule has 116 valence electrons. The molecule has 0 unspecified atom stereocenters. The van der Waals surface area contributed by atoms with Crippen molar-refractivity contribution in [1.29, 1.82) is 0 Å². The molecule has 0 bridgehead atoms. The lowest BCUT2D eigenvalue weighted by Gasteiger charge is -2.08. The lowest BCUT2D eigenvalue weighted by molar-refractivity contribution is 0.0945. The van der Waals surface area contributed by atoms with Crippen LogP contribution in [0.5, 0.6) is 0 Å². The summed E-state index contributed by atoms with van der Waals surface area (Å²) in [5, 5.41) is 2.91. The maximum absolute atomic E-state index is 12.2. The maximum atomic E-state index is 12.2. The summed E-state index contributed by atoms with van der Waals surface area (Å²) in [5.41, 5.74) is 4.48. The quantitative estimate of drug-likeness (QED) is 0.806. The van der Waals surface area contributed by atoms with Crippen LogP contribution >= 0.6 is 0 Å². The molecule has 0 spiro atoms. The van der Waals surface area contributed by atoms with Crippen LogP contribution in [-0.4, -0.2) is 20.4 Å². The lowest BCUT2D eigenvalue weighted by atomic mass is 10.1. The number of amides is 1. The molecular weight excluding hydrogens is 288 g/mol. The van der Waals surface area contributed by atoms with E-state index in [9.17, 15) is 4.79 Å². The van der Waals surface area contributed by atoms with Gasteiger partial charge < -0.3 is 9.88 Å². The molecule has 3 aromatic rings. The molecule has 0 saturated heterocycles. The summed E-state index contributed by atoms with van der Waals surface area (Å²) in [4.78, 5) is 20.5. The number of carbonyl (C=O) groups excluding carboxylic acids is 1. The first-order chi connectivity index (χ1) is 11.1. The van der Waals surface area contributed by atoms with Crippen LogP contribution in [0.15, 0.2) is 55.2 Å². The zero-order valence-electron chi connectivity index (χ0n) is 13.2. The van der Waals surface area contributed by atoms with Gasteiger partial charge in [-0.2, -0.15) is 0 Å². The highest BCUT2D eigenvalue weighted by molar-refractivity contribution is 5.93. The fourth-order valence-corrected chi connectivity index (χ4v) is 2.42. The third-order valence-electron chi connectivity index (χ3n) is 3.62. The molecule has 0 radical (unpaired) electrons. The van der Waals surface area contributed by atoms with Gasteiger partial charge in [0.1, 0.15) is 5.69 Å². The van der Waals surface area contributed by atoms with E-state index in [0.29, 0.717) is 12.2 Å². The SMILES string of the molecule is Cc1cnc(C(=O)NCc2ccc(-n3ccnc3)cc2)c(C)c1. The average molecular weight is 306 g/mol. The number of aromatic nitrogens is 3. The van der Waals surface area contributed by atoms with Crippen LogP contribution in [0.3, 0.4) is 0 Å². The molecular formula is C18H18N4O. The Kier molecular flexibility index (Phi) is 4.19. The van der Waals surface area contributed by atoms with Gasteiger partial charge in [-0.3, -0.25) is 9.78 Å². The predicted octanol–water partition coefficient (Wildman–Crippen LogP) is 2.81. The summed E-state index contributed by atoms with van der Waals surface area (Å²) < 4.78 is 1.93. The van der Waals surface area contributed by atoms with Gasteiger partial charge in [0.15, 0.2) is 0 Å². The molecule has 23 heavy (non-hydrogen) atoms. The van der Waals surface area contributed by atoms with Gasteiger partial charge in [0.25, 0.3) is 5.91 Å². The predicted molar refractivity (Wildman–Crippen MR) is 88.4 cm³/mol. The zero-order valence-corrected chi connectivity index (χ0v) is 13.2. The Labute approximate surface area is 135 Å². The van der Waals surface area contributed by atoms with Gasteiger partial charge in [-0.15, -0.1) is 0 Å². The van der Waals surface area contributed by atoms with E-state index in [2.05, 4.69) is 15.3 Å². The second-order valence-electron chi connectivity index (χ2n) is 5.50. The van der Waals surface area contributed by atoms with Gasteiger partial charge in [-0.1, -0.05) is 18.2 Å². The summed E-state index contributed by atoms with van der Waals surface area (Å²) in [6, 6.07) is 9.94. The second-order valence-corrected chi connectivity index (χ2v) is 5.50. The summed E-state index contributed by atoms with van der Waals surface area (Å²) in [5.74, 6) is -0.152. The van der Waals surface area contributed by atoms with E-state index in [1.165, 1.54) is 0 Å². The highest BCUT2D eigenvalue weighted by atomic mass is 16.1. The molecule has 1 amide bonds. The topological polar surface area (TPSA) is 59.8 Å².